The summed E-state index contributed by atoms with van der Waals surface area (Å²) in [6.45, 7) is 4.92. The molecule has 2 atom stereocenters. The van der Waals surface area contributed by atoms with E-state index in [1.54, 1.807) is 0 Å². The molecule has 110 valence electrons. The quantitative estimate of drug-likeness (QED) is 0.868. The van der Waals surface area contributed by atoms with E-state index in [2.05, 4.69) is 10.2 Å². The lowest BCUT2D eigenvalue weighted by atomic mass is 10.0. The average Bonchev–Trinajstić information content (AvgIpc) is 2.87. The van der Waals surface area contributed by atoms with Crippen LogP contribution in [0.5, 0.6) is 0 Å². The van der Waals surface area contributed by atoms with Crippen molar-refractivity contribution in [1.82, 2.24) is 10.2 Å². The zero-order valence-electron chi connectivity index (χ0n) is 11.8. The van der Waals surface area contributed by atoms with Gasteiger partial charge in [-0.05, 0) is 43.5 Å². The standard InChI is InChI=1S/C15H22ClN3O/c1-11(17)13-6-7-19(9-13)10-15(20)18-8-12-2-4-14(16)5-3-12/h2-5,11,13H,6-10,17H2,1H3,(H,18,20). The van der Waals surface area contributed by atoms with Gasteiger partial charge in [-0.2, -0.15) is 0 Å². The topological polar surface area (TPSA) is 58.4 Å². The minimum Gasteiger partial charge on any atom is -0.351 e. The summed E-state index contributed by atoms with van der Waals surface area (Å²) in [6, 6.07) is 7.71. The van der Waals surface area contributed by atoms with Crippen molar-refractivity contribution >= 4 is 17.5 Å². The van der Waals surface area contributed by atoms with Crippen molar-refractivity contribution in [3.05, 3.63) is 34.9 Å². The van der Waals surface area contributed by atoms with Gasteiger partial charge in [-0.25, -0.2) is 0 Å². The number of likely N-dealkylation sites (tertiary alicyclic amines) is 1. The second kappa shape index (κ2) is 7.07. The lowest BCUT2D eigenvalue weighted by molar-refractivity contribution is -0.122. The molecule has 2 unspecified atom stereocenters. The van der Waals surface area contributed by atoms with Crippen LogP contribution in [0.15, 0.2) is 24.3 Å². The minimum atomic E-state index is 0.0604. The summed E-state index contributed by atoms with van der Waals surface area (Å²) in [6.07, 6.45) is 1.09. The molecule has 1 fully saturated rings. The SMILES string of the molecule is CC(N)C1CCN(CC(=O)NCc2ccc(Cl)cc2)C1. The Morgan fingerprint density at radius 1 is 1.50 bits per heavy atom. The van der Waals surface area contributed by atoms with E-state index in [0.717, 1.165) is 25.1 Å². The fourth-order valence-electron chi connectivity index (χ4n) is 2.50. The van der Waals surface area contributed by atoms with Gasteiger partial charge in [0, 0.05) is 24.2 Å². The predicted molar refractivity (Wildman–Crippen MR) is 81.5 cm³/mol. The van der Waals surface area contributed by atoms with E-state index in [1.165, 1.54) is 0 Å². The number of amides is 1. The van der Waals surface area contributed by atoms with Crippen molar-refractivity contribution in [3.8, 4) is 0 Å². The highest BCUT2D eigenvalue weighted by Crippen LogP contribution is 2.18. The number of carbonyl (C=O) groups excluding carboxylic acids is 1. The molecule has 1 amide bonds. The van der Waals surface area contributed by atoms with Gasteiger partial charge in [0.15, 0.2) is 0 Å². The Morgan fingerprint density at radius 2 is 2.20 bits per heavy atom. The van der Waals surface area contributed by atoms with Gasteiger partial charge in [0.05, 0.1) is 6.54 Å². The van der Waals surface area contributed by atoms with Crippen LogP contribution in [0.4, 0.5) is 0 Å². The zero-order chi connectivity index (χ0) is 14.5. The molecule has 1 aliphatic rings. The van der Waals surface area contributed by atoms with Crippen LogP contribution in [0.1, 0.15) is 18.9 Å². The van der Waals surface area contributed by atoms with Gasteiger partial charge in [-0.15, -0.1) is 0 Å². The van der Waals surface area contributed by atoms with E-state index in [9.17, 15) is 4.79 Å². The molecule has 0 bridgehead atoms. The van der Waals surface area contributed by atoms with E-state index < -0.39 is 0 Å². The van der Waals surface area contributed by atoms with Crippen molar-refractivity contribution in [2.75, 3.05) is 19.6 Å². The number of nitrogens with one attached hydrogen (secondary N) is 1. The summed E-state index contributed by atoms with van der Waals surface area (Å²) < 4.78 is 0. The third-order valence-electron chi connectivity index (χ3n) is 3.82. The molecule has 1 saturated heterocycles. The van der Waals surface area contributed by atoms with Gasteiger partial charge in [-0.1, -0.05) is 23.7 Å². The molecule has 0 aromatic heterocycles. The predicted octanol–water partition coefficient (Wildman–Crippen LogP) is 1.63. The van der Waals surface area contributed by atoms with Crippen LogP contribution in [0.2, 0.25) is 5.02 Å². The van der Waals surface area contributed by atoms with Gasteiger partial charge in [0.2, 0.25) is 5.91 Å². The van der Waals surface area contributed by atoms with E-state index in [0.29, 0.717) is 24.0 Å². The number of halogens is 1. The van der Waals surface area contributed by atoms with Crippen LogP contribution >= 0.6 is 11.6 Å². The summed E-state index contributed by atoms with van der Waals surface area (Å²) in [5.74, 6) is 0.573. The second-order valence-electron chi connectivity index (χ2n) is 5.55. The molecule has 4 nitrogen and oxygen atoms in total. The molecule has 0 spiro atoms. The maximum Gasteiger partial charge on any atom is 0.234 e. The number of rotatable bonds is 5. The van der Waals surface area contributed by atoms with Crippen LogP contribution < -0.4 is 11.1 Å². The number of carbonyl (C=O) groups is 1. The second-order valence-corrected chi connectivity index (χ2v) is 5.98. The van der Waals surface area contributed by atoms with Crippen molar-refractivity contribution in [2.45, 2.75) is 25.9 Å². The first-order valence-corrected chi connectivity index (χ1v) is 7.41. The van der Waals surface area contributed by atoms with E-state index in [-0.39, 0.29) is 11.9 Å². The zero-order valence-corrected chi connectivity index (χ0v) is 12.6. The maximum atomic E-state index is 11.9. The summed E-state index contributed by atoms with van der Waals surface area (Å²) in [4.78, 5) is 14.1. The molecule has 20 heavy (non-hydrogen) atoms. The van der Waals surface area contributed by atoms with Crippen LogP contribution in [-0.4, -0.2) is 36.5 Å². The van der Waals surface area contributed by atoms with Crippen LogP contribution in [-0.2, 0) is 11.3 Å². The Labute approximate surface area is 125 Å². The summed E-state index contributed by atoms with van der Waals surface area (Å²) >= 11 is 5.82. The Morgan fingerprint density at radius 3 is 2.80 bits per heavy atom. The van der Waals surface area contributed by atoms with E-state index in [4.69, 9.17) is 17.3 Å². The lowest BCUT2D eigenvalue weighted by Crippen LogP contribution is -2.37. The number of nitrogens with two attached hydrogens (primary N) is 1. The minimum absolute atomic E-state index is 0.0604. The molecular weight excluding hydrogens is 274 g/mol. The molecule has 0 aliphatic carbocycles. The number of hydrogen-bond donors (Lipinski definition) is 2. The van der Waals surface area contributed by atoms with Gasteiger partial charge in [0.1, 0.15) is 0 Å². The van der Waals surface area contributed by atoms with Crippen molar-refractivity contribution < 1.29 is 4.79 Å². The monoisotopic (exact) mass is 295 g/mol. The molecule has 2 rings (SSSR count). The molecule has 3 N–H and O–H groups in total. The van der Waals surface area contributed by atoms with Crippen molar-refractivity contribution in [3.63, 3.8) is 0 Å². The first kappa shape index (κ1) is 15.3. The van der Waals surface area contributed by atoms with E-state index in [1.807, 2.05) is 31.2 Å². The molecule has 1 heterocycles. The van der Waals surface area contributed by atoms with Gasteiger partial charge in [-0.3, -0.25) is 9.69 Å². The van der Waals surface area contributed by atoms with Crippen LogP contribution in [0.3, 0.4) is 0 Å². The highest BCUT2D eigenvalue weighted by Gasteiger charge is 2.26. The number of hydrogen-bond acceptors (Lipinski definition) is 3. The largest absolute Gasteiger partial charge is 0.351 e. The molecule has 5 heteroatoms. The Balaban J connectivity index is 1.72. The fourth-order valence-corrected chi connectivity index (χ4v) is 2.62. The lowest BCUT2D eigenvalue weighted by Gasteiger charge is -2.17. The fraction of sp³-hybridized carbons (Fsp3) is 0.533. The molecule has 1 aromatic carbocycles. The Kier molecular flexibility index (Phi) is 5.40. The van der Waals surface area contributed by atoms with Gasteiger partial charge in [0.25, 0.3) is 0 Å². The highest BCUT2D eigenvalue weighted by atomic mass is 35.5. The summed E-state index contributed by atoms with van der Waals surface area (Å²) in [7, 11) is 0. The average molecular weight is 296 g/mol. The van der Waals surface area contributed by atoms with Crippen molar-refractivity contribution in [1.29, 1.82) is 0 Å². The summed E-state index contributed by atoms with van der Waals surface area (Å²) in [5, 5.41) is 3.64. The summed E-state index contributed by atoms with van der Waals surface area (Å²) in [5.41, 5.74) is 6.95. The highest BCUT2D eigenvalue weighted by molar-refractivity contribution is 6.30. The van der Waals surface area contributed by atoms with Crippen LogP contribution in [0.25, 0.3) is 0 Å². The smallest absolute Gasteiger partial charge is 0.234 e. The van der Waals surface area contributed by atoms with Gasteiger partial charge >= 0.3 is 0 Å². The van der Waals surface area contributed by atoms with E-state index >= 15 is 0 Å². The third-order valence-corrected chi connectivity index (χ3v) is 4.07. The normalized spacial score (nSPS) is 20.9. The molecule has 0 radical (unpaired) electrons. The molecule has 0 saturated carbocycles. The van der Waals surface area contributed by atoms with Gasteiger partial charge < -0.3 is 11.1 Å². The van der Waals surface area contributed by atoms with Crippen molar-refractivity contribution in [2.24, 2.45) is 11.7 Å². The maximum absolute atomic E-state index is 11.9. The van der Waals surface area contributed by atoms with Crippen LogP contribution in [0, 0.1) is 5.92 Å². The molecule has 1 aliphatic heterocycles. The Bertz CT molecular complexity index is 447. The first-order chi connectivity index (χ1) is 9.54. The first-order valence-electron chi connectivity index (χ1n) is 7.03. The molecule has 1 aromatic rings. The third kappa shape index (κ3) is 4.47. The number of benzene rings is 1. The Hall–Kier alpha value is -1.10. The molecular formula is C15H22ClN3O. The number of nitrogens with zero attached hydrogens (tertiary/aromatic N) is 1.